The summed E-state index contributed by atoms with van der Waals surface area (Å²) >= 11 is 12.3. The van der Waals surface area contributed by atoms with Crippen LogP contribution in [0.3, 0.4) is 0 Å². The standard InChI is InChI=1S/C16H24Cl2N2/c1-11(2)20-8-6-14(7-9-20)19-12(3)15-10-13(17)4-5-16(15)18/h4-5,10-12,14,19H,6-9H2,1-3H3. The van der Waals surface area contributed by atoms with Crippen molar-refractivity contribution in [2.75, 3.05) is 13.1 Å². The van der Waals surface area contributed by atoms with E-state index in [1.54, 1.807) is 0 Å². The zero-order chi connectivity index (χ0) is 14.7. The lowest BCUT2D eigenvalue weighted by atomic mass is 10.0. The van der Waals surface area contributed by atoms with Crippen molar-refractivity contribution in [3.63, 3.8) is 0 Å². The molecule has 1 aliphatic rings. The van der Waals surface area contributed by atoms with Gasteiger partial charge in [-0.1, -0.05) is 23.2 Å². The molecule has 1 atom stereocenters. The summed E-state index contributed by atoms with van der Waals surface area (Å²) in [5, 5.41) is 5.22. The molecule has 112 valence electrons. The summed E-state index contributed by atoms with van der Waals surface area (Å²) in [5.74, 6) is 0. The maximum atomic E-state index is 6.27. The highest BCUT2D eigenvalue weighted by Gasteiger charge is 2.22. The Morgan fingerprint density at radius 2 is 1.80 bits per heavy atom. The second-order valence-corrected chi connectivity index (χ2v) is 6.80. The van der Waals surface area contributed by atoms with Gasteiger partial charge in [-0.25, -0.2) is 0 Å². The molecule has 1 fully saturated rings. The van der Waals surface area contributed by atoms with Gasteiger partial charge < -0.3 is 10.2 Å². The number of nitrogens with one attached hydrogen (secondary N) is 1. The Morgan fingerprint density at radius 3 is 2.40 bits per heavy atom. The average Bonchev–Trinajstić information content (AvgIpc) is 2.42. The Labute approximate surface area is 132 Å². The summed E-state index contributed by atoms with van der Waals surface area (Å²) in [6.45, 7) is 9.03. The smallest absolute Gasteiger partial charge is 0.0454 e. The van der Waals surface area contributed by atoms with E-state index in [-0.39, 0.29) is 6.04 Å². The zero-order valence-corrected chi connectivity index (χ0v) is 14.0. The van der Waals surface area contributed by atoms with Gasteiger partial charge in [0.25, 0.3) is 0 Å². The highest BCUT2D eigenvalue weighted by Crippen LogP contribution is 2.27. The molecule has 0 spiro atoms. The monoisotopic (exact) mass is 314 g/mol. The molecule has 1 aromatic carbocycles. The maximum Gasteiger partial charge on any atom is 0.0454 e. The van der Waals surface area contributed by atoms with Crippen LogP contribution >= 0.6 is 23.2 Å². The Bertz CT molecular complexity index is 440. The third-order valence-electron chi connectivity index (χ3n) is 4.17. The predicted molar refractivity (Wildman–Crippen MR) is 87.7 cm³/mol. The number of halogens is 2. The summed E-state index contributed by atoms with van der Waals surface area (Å²) in [5.41, 5.74) is 1.09. The van der Waals surface area contributed by atoms with Crippen LogP contribution in [0.25, 0.3) is 0 Å². The molecule has 2 nitrogen and oxygen atoms in total. The molecular weight excluding hydrogens is 291 g/mol. The number of hydrogen-bond donors (Lipinski definition) is 1. The third-order valence-corrected chi connectivity index (χ3v) is 4.75. The predicted octanol–water partition coefficient (Wildman–Crippen LogP) is 4.52. The van der Waals surface area contributed by atoms with Crippen LogP contribution in [0.1, 0.15) is 45.2 Å². The van der Waals surface area contributed by atoms with E-state index in [2.05, 4.69) is 31.0 Å². The van der Waals surface area contributed by atoms with Gasteiger partial charge in [-0.05, 0) is 70.5 Å². The molecule has 1 heterocycles. The number of likely N-dealkylation sites (tertiary alicyclic amines) is 1. The van der Waals surface area contributed by atoms with Crippen LogP contribution in [0, 0.1) is 0 Å². The molecule has 0 radical (unpaired) electrons. The van der Waals surface area contributed by atoms with Crippen LogP contribution in [0.15, 0.2) is 18.2 Å². The first kappa shape index (κ1) is 16.1. The van der Waals surface area contributed by atoms with E-state index < -0.39 is 0 Å². The normalized spacial score (nSPS) is 19.5. The van der Waals surface area contributed by atoms with Crippen LogP contribution in [0.2, 0.25) is 10.0 Å². The minimum absolute atomic E-state index is 0.233. The molecular formula is C16H24Cl2N2. The second-order valence-electron chi connectivity index (χ2n) is 5.96. The lowest BCUT2D eigenvalue weighted by Crippen LogP contribution is -2.45. The van der Waals surface area contributed by atoms with Crippen LogP contribution < -0.4 is 5.32 Å². The van der Waals surface area contributed by atoms with Crippen molar-refractivity contribution in [1.82, 2.24) is 10.2 Å². The number of nitrogens with zero attached hydrogens (tertiary/aromatic N) is 1. The first-order valence-corrected chi connectivity index (χ1v) is 8.18. The van der Waals surface area contributed by atoms with E-state index in [0.29, 0.717) is 12.1 Å². The summed E-state index contributed by atoms with van der Waals surface area (Å²) in [6, 6.07) is 7.12. The number of benzene rings is 1. The van der Waals surface area contributed by atoms with E-state index in [0.717, 1.165) is 15.6 Å². The van der Waals surface area contributed by atoms with Gasteiger partial charge in [-0.3, -0.25) is 0 Å². The van der Waals surface area contributed by atoms with Gasteiger partial charge in [0.05, 0.1) is 0 Å². The molecule has 0 saturated carbocycles. The number of hydrogen-bond acceptors (Lipinski definition) is 2. The molecule has 1 aromatic rings. The van der Waals surface area contributed by atoms with E-state index in [9.17, 15) is 0 Å². The van der Waals surface area contributed by atoms with Gasteiger partial charge >= 0.3 is 0 Å². The van der Waals surface area contributed by atoms with Crippen molar-refractivity contribution in [1.29, 1.82) is 0 Å². The molecule has 0 aromatic heterocycles. The van der Waals surface area contributed by atoms with Crippen molar-refractivity contribution in [2.24, 2.45) is 0 Å². The summed E-state index contributed by atoms with van der Waals surface area (Å²) in [7, 11) is 0. The Kier molecular flexibility index (Phi) is 5.74. The lowest BCUT2D eigenvalue weighted by Gasteiger charge is -2.36. The van der Waals surface area contributed by atoms with Crippen molar-refractivity contribution in [2.45, 2.75) is 51.7 Å². The molecule has 1 unspecified atom stereocenters. The fraction of sp³-hybridized carbons (Fsp3) is 0.625. The molecule has 0 aliphatic carbocycles. The molecule has 20 heavy (non-hydrogen) atoms. The first-order valence-electron chi connectivity index (χ1n) is 7.42. The van der Waals surface area contributed by atoms with Crippen LogP contribution in [0.4, 0.5) is 0 Å². The molecule has 1 aliphatic heterocycles. The lowest BCUT2D eigenvalue weighted by molar-refractivity contribution is 0.157. The van der Waals surface area contributed by atoms with Gasteiger partial charge in [0, 0.05) is 28.2 Å². The topological polar surface area (TPSA) is 15.3 Å². The summed E-state index contributed by atoms with van der Waals surface area (Å²) < 4.78 is 0. The summed E-state index contributed by atoms with van der Waals surface area (Å²) in [4.78, 5) is 2.54. The molecule has 1 saturated heterocycles. The van der Waals surface area contributed by atoms with Crippen molar-refractivity contribution < 1.29 is 0 Å². The molecule has 1 N–H and O–H groups in total. The third kappa shape index (κ3) is 4.11. The average molecular weight is 315 g/mol. The van der Waals surface area contributed by atoms with Crippen LogP contribution in [-0.2, 0) is 0 Å². The maximum absolute atomic E-state index is 6.27. The van der Waals surface area contributed by atoms with Gasteiger partial charge in [0.15, 0.2) is 0 Å². The largest absolute Gasteiger partial charge is 0.307 e. The fourth-order valence-corrected chi connectivity index (χ4v) is 3.33. The first-order chi connectivity index (χ1) is 9.47. The zero-order valence-electron chi connectivity index (χ0n) is 12.5. The van der Waals surface area contributed by atoms with Crippen LogP contribution in [-0.4, -0.2) is 30.1 Å². The van der Waals surface area contributed by atoms with E-state index in [4.69, 9.17) is 23.2 Å². The van der Waals surface area contributed by atoms with Gasteiger partial charge in [0.2, 0.25) is 0 Å². The Balaban J connectivity index is 1.92. The van der Waals surface area contributed by atoms with E-state index in [1.165, 1.54) is 25.9 Å². The minimum atomic E-state index is 0.233. The minimum Gasteiger partial charge on any atom is -0.307 e. The summed E-state index contributed by atoms with van der Waals surface area (Å²) in [6.07, 6.45) is 2.39. The number of piperidine rings is 1. The van der Waals surface area contributed by atoms with E-state index >= 15 is 0 Å². The molecule has 4 heteroatoms. The SMILES string of the molecule is CC(NC1CCN(C(C)C)CC1)c1cc(Cl)ccc1Cl. The molecule has 0 bridgehead atoms. The van der Waals surface area contributed by atoms with Crippen molar-refractivity contribution >= 4 is 23.2 Å². The number of rotatable bonds is 4. The highest BCUT2D eigenvalue weighted by atomic mass is 35.5. The van der Waals surface area contributed by atoms with Crippen LogP contribution in [0.5, 0.6) is 0 Å². The second kappa shape index (κ2) is 7.13. The van der Waals surface area contributed by atoms with E-state index in [1.807, 2.05) is 18.2 Å². The Hall–Kier alpha value is -0.280. The van der Waals surface area contributed by atoms with Gasteiger partial charge in [-0.2, -0.15) is 0 Å². The van der Waals surface area contributed by atoms with Crippen molar-refractivity contribution in [3.05, 3.63) is 33.8 Å². The fourth-order valence-electron chi connectivity index (χ4n) is 2.87. The molecule has 2 rings (SSSR count). The highest BCUT2D eigenvalue weighted by molar-refractivity contribution is 6.33. The Morgan fingerprint density at radius 1 is 1.15 bits per heavy atom. The molecule has 0 amide bonds. The quantitative estimate of drug-likeness (QED) is 0.879. The van der Waals surface area contributed by atoms with Crippen molar-refractivity contribution in [3.8, 4) is 0 Å². The van der Waals surface area contributed by atoms with Gasteiger partial charge in [-0.15, -0.1) is 0 Å². The van der Waals surface area contributed by atoms with Gasteiger partial charge in [0.1, 0.15) is 0 Å².